The Morgan fingerprint density at radius 2 is 1.92 bits per heavy atom. The molecule has 0 radical (unpaired) electrons. The Kier molecular flexibility index (Phi) is 6.24. The lowest BCUT2D eigenvalue weighted by atomic mass is 10.1. The van der Waals surface area contributed by atoms with E-state index in [9.17, 15) is 8.42 Å². The van der Waals surface area contributed by atoms with Crippen LogP contribution in [0.3, 0.4) is 0 Å². The smallest absolute Gasteiger partial charge is 0.215 e. The van der Waals surface area contributed by atoms with Gasteiger partial charge in [-0.3, -0.25) is 4.90 Å². The molecule has 0 bridgehead atoms. The quantitative estimate of drug-likeness (QED) is 0.802. The molecule has 2 aromatic rings. The minimum atomic E-state index is -3.38. The number of nitrogens with zero attached hydrogens (tertiary/aromatic N) is 1. The summed E-state index contributed by atoms with van der Waals surface area (Å²) >= 11 is 1.63. The van der Waals surface area contributed by atoms with Crippen molar-refractivity contribution < 1.29 is 13.2 Å². The average molecular weight is 381 g/mol. The molecule has 1 saturated heterocycles. The summed E-state index contributed by atoms with van der Waals surface area (Å²) in [6.07, 6.45) is 0. The molecule has 1 atom stereocenters. The molecule has 7 heteroatoms. The Balaban J connectivity index is 1.66. The van der Waals surface area contributed by atoms with Gasteiger partial charge in [0, 0.05) is 25.7 Å². The third kappa shape index (κ3) is 5.36. The fourth-order valence-electron chi connectivity index (χ4n) is 2.97. The van der Waals surface area contributed by atoms with Crippen molar-refractivity contribution in [2.24, 2.45) is 0 Å². The maximum Gasteiger partial charge on any atom is 0.215 e. The summed E-state index contributed by atoms with van der Waals surface area (Å²) in [7, 11) is -3.38. The van der Waals surface area contributed by atoms with Gasteiger partial charge in [0.15, 0.2) is 0 Å². The van der Waals surface area contributed by atoms with Crippen molar-refractivity contribution in [1.82, 2.24) is 9.62 Å². The van der Waals surface area contributed by atoms with Crippen LogP contribution < -0.4 is 4.72 Å². The van der Waals surface area contributed by atoms with Crippen LogP contribution in [0.25, 0.3) is 0 Å². The van der Waals surface area contributed by atoms with E-state index < -0.39 is 10.0 Å². The third-order valence-corrected chi connectivity index (χ3v) is 6.41. The first-order chi connectivity index (χ1) is 12.0. The van der Waals surface area contributed by atoms with Crippen LogP contribution in [0.4, 0.5) is 0 Å². The molecule has 1 N–H and O–H groups in total. The van der Waals surface area contributed by atoms with Crippen LogP contribution in [0.15, 0.2) is 41.1 Å². The van der Waals surface area contributed by atoms with Gasteiger partial charge in [0.25, 0.3) is 0 Å². The third-order valence-electron chi connectivity index (χ3n) is 4.39. The molecule has 0 aliphatic carbocycles. The topological polar surface area (TPSA) is 58.6 Å². The summed E-state index contributed by atoms with van der Waals surface area (Å²) < 4.78 is 33.2. The lowest BCUT2D eigenvalue weighted by molar-refractivity contribution is 0.0173. The van der Waals surface area contributed by atoms with Crippen molar-refractivity contribution in [3.8, 4) is 0 Å². The van der Waals surface area contributed by atoms with Crippen molar-refractivity contribution in [3.63, 3.8) is 0 Å². The number of rotatable bonds is 7. The number of ether oxygens (including phenoxy) is 1. The standard InChI is InChI=1S/C18H24N2O3S2/c1-15-2-4-16(5-3-15)14-25(21,22)19-12-18(17-6-11-24-13-17)20-7-9-23-10-8-20/h2-6,11,13,18-19H,7-10,12,14H2,1H3. The van der Waals surface area contributed by atoms with E-state index in [-0.39, 0.29) is 11.8 Å². The predicted octanol–water partition coefficient (Wildman–Crippen LogP) is 2.55. The van der Waals surface area contributed by atoms with E-state index in [0.29, 0.717) is 19.8 Å². The number of hydrogen-bond acceptors (Lipinski definition) is 5. The highest BCUT2D eigenvalue weighted by atomic mass is 32.2. The molecular weight excluding hydrogens is 356 g/mol. The molecule has 2 heterocycles. The summed E-state index contributed by atoms with van der Waals surface area (Å²) in [5.41, 5.74) is 3.08. The number of benzene rings is 1. The fourth-order valence-corrected chi connectivity index (χ4v) is 4.82. The monoisotopic (exact) mass is 380 g/mol. The number of aryl methyl sites for hydroxylation is 1. The molecule has 1 aromatic heterocycles. The van der Waals surface area contributed by atoms with E-state index >= 15 is 0 Å². The Hall–Kier alpha value is -1.25. The number of morpholine rings is 1. The van der Waals surface area contributed by atoms with E-state index in [2.05, 4.69) is 21.1 Å². The highest BCUT2D eigenvalue weighted by molar-refractivity contribution is 7.88. The Labute approximate surface area is 153 Å². The maximum atomic E-state index is 12.5. The van der Waals surface area contributed by atoms with Gasteiger partial charge >= 0.3 is 0 Å². The van der Waals surface area contributed by atoms with Crippen LogP contribution in [0, 0.1) is 6.92 Å². The number of hydrogen-bond donors (Lipinski definition) is 1. The first-order valence-corrected chi connectivity index (χ1v) is 11.0. The van der Waals surface area contributed by atoms with Gasteiger partial charge in [0.1, 0.15) is 0 Å². The molecule has 0 spiro atoms. The van der Waals surface area contributed by atoms with Crippen LogP contribution in [0.2, 0.25) is 0 Å². The van der Waals surface area contributed by atoms with Gasteiger partial charge in [0.2, 0.25) is 10.0 Å². The molecule has 1 unspecified atom stereocenters. The van der Waals surface area contributed by atoms with Crippen molar-refractivity contribution >= 4 is 21.4 Å². The average Bonchev–Trinajstić information content (AvgIpc) is 3.12. The van der Waals surface area contributed by atoms with Crippen molar-refractivity contribution in [1.29, 1.82) is 0 Å². The second-order valence-electron chi connectivity index (χ2n) is 6.31. The molecule has 1 aliphatic rings. The zero-order valence-electron chi connectivity index (χ0n) is 14.3. The summed E-state index contributed by atoms with van der Waals surface area (Å²) in [5, 5.41) is 4.12. The number of sulfonamides is 1. The number of thiophene rings is 1. The van der Waals surface area contributed by atoms with Crippen LogP contribution in [-0.4, -0.2) is 46.2 Å². The first kappa shape index (κ1) is 18.5. The molecule has 136 valence electrons. The van der Waals surface area contributed by atoms with Gasteiger partial charge in [0.05, 0.1) is 19.0 Å². The highest BCUT2D eigenvalue weighted by Crippen LogP contribution is 2.23. The Bertz CT molecular complexity index is 752. The lowest BCUT2D eigenvalue weighted by Gasteiger charge is -2.34. The summed E-state index contributed by atoms with van der Waals surface area (Å²) in [6.45, 7) is 5.39. The highest BCUT2D eigenvalue weighted by Gasteiger charge is 2.24. The second-order valence-corrected chi connectivity index (χ2v) is 8.90. The minimum absolute atomic E-state index is 0.00669. The Morgan fingerprint density at radius 3 is 2.56 bits per heavy atom. The van der Waals surface area contributed by atoms with Gasteiger partial charge in [-0.2, -0.15) is 11.3 Å². The van der Waals surface area contributed by atoms with Crippen molar-refractivity contribution in [3.05, 3.63) is 57.8 Å². The molecule has 1 aromatic carbocycles. The number of nitrogens with one attached hydrogen (secondary N) is 1. The molecule has 1 aliphatic heterocycles. The molecule has 25 heavy (non-hydrogen) atoms. The zero-order valence-corrected chi connectivity index (χ0v) is 16.0. The second kappa shape index (κ2) is 8.42. The summed E-state index contributed by atoms with van der Waals surface area (Å²) in [6, 6.07) is 9.72. The SMILES string of the molecule is Cc1ccc(CS(=O)(=O)NCC(c2ccsc2)N2CCOCC2)cc1. The van der Waals surface area contributed by atoms with Crippen LogP contribution in [0.5, 0.6) is 0 Å². The van der Waals surface area contributed by atoms with E-state index in [1.807, 2.05) is 36.6 Å². The molecular formula is C18H24N2O3S2. The van der Waals surface area contributed by atoms with Gasteiger partial charge in [-0.1, -0.05) is 29.8 Å². The van der Waals surface area contributed by atoms with E-state index in [0.717, 1.165) is 29.8 Å². The van der Waals surface area contributed by atoms with Gasteiger partial charge in [-0.15, -0.1) is 0 Å². The van der Waals surface area contributed by atoms with E-state index in [4.69, 9.17) is 4.74 Å². The van der Waals surface area contributed by atoms with Gasteiger partial charge in [-0.05, 0) is 34.9 Å². The van der Waals surface area contributed by atoms with E-state index in [1.54, 1.807) is 11.3 Å². The van der Waals surface area contributed by atoms with Gasteiger partial charge in [-0.25, -0.2) is 13.1 Å². The van der Waals surface area contributed by atoms with Crippen LogP contribution in [0.1, 0.15) is 22.7 Å². The van der Waals surface area contributed by atoms with Crippen LogP contribution in [-0.2, 0) is 20.5 Å². The molecule has 5 nitrogen and oxygen atoms in total. The van der Waals surface area contributed by atoms with E-state index in [1.165, 1.54) is 0 Å². The zero-order chi connectivity index (χ0) is 17.7. The predicted molar refractivity (Wildman–Crippen MR) is 101 cm³/mol. The largest absolute Gasteiger partial charge is 0.379 e. The maximum absolute atomic E-state index is 12.5. The summed E-state index contributed by atoms with van der Waals surface area (Å²) in [5.74, 6) is 0.00669. The summed E-state index contributed by atoms with van der Waals surface area (Å²) in [4.78, 5) is 2.29. The van der Waals surface area contributed by atoms with Gasteiger partial charge < -0.3 is 4.74 Å². The minimum Gasteiger partial charge on any atom is -0.379 e. The first-order valence-electron chi connectivity index (χ1n) is 8.40. The molecule has 0 amide bonds. The Morgan fingerprint density at radius 1 is 1.20 bits per heavy atom. The van der Waals surface area contributed by atoms with Crippen molar-refractivity contribution in [2.75, 3.05) is 32.8 Å². The molecule has 1 fully saturated rings. The normalized spacial score (nSPS) is 17.5. The molecule has 3 rings (SSSR count). The fraction of sp³-hybridized carbons (Fsp3) is 0.444. The molecule has 0 saturated carbocycles. The lowest BCUT2D eigenvalue weighted by Crippen LogP contribution is -2.43. The van der Waals surface area contributed by atoms with Crippen LogP contribution >= 0.6 is 11.3 Å². The van der Waals surface area contributed by atoms with Crippen molar-refractivity contribution in [2.45, 2.75) is 18.7 Å².